The molecule has 1 aromatic heterocycles. The van der Waals surface area contributed by atoms with E-state index in [4.69, 9.17) is 0 Å². The van der Waals surface area contributed by atoms with Gasteiger partial charge in [0, 0.05) is 31.0 Å². The van der Waals surface area contributed by atoms with Crippen LogP contribution >= 0.6 is 0 Å². The van der Waals surface area contributed by atoms with Crippen LogP contribution in [0, 0.1) is 0 Å². The molecule has 2 N–H and O–H groups in total. The van der Waals surface area contributed by atoms with Crippen LogP contribution in [0.3, 0.4) is 0 Å². The number of carbonyl (C=O) groups is 3. The SMILES string of the molecule is O=C1NC(=O)C2(CCN(C(=O)c3ccc(-n4cccn4)cc3)CC2)N1. The van der Waals surface area contributed by atoms with Gasteiger partial charge in [0.25, 0.3) is 11.8 Å². The summed E-state index contributed by atoms with van der Waals surface area (Å²) >= 11 is 0. The Morgan fingerprint density at radius 1 is 1.12 bits per heavy atom. The average molecular weight is 339 g/mol. The summed E-state index contributed by atoms with van der Waals surface area (Å²) in [6.45, 7) is 0.848. The number of nitrogens with one attached hydrogen (secondary N) is 2. The van der Waals surface area contributed by atoms with Crippen molar-refractivity contribution >= 4 is 17.8 Å². The number of likely N-dealkylation sites (tertiary alicyclic amines) is 1. The number of hydrogen-bond donors (Lipinski definition) is 2. The Hall–Kier alpha value is -3.16. The van der Waals surface area contributed by atoms with Gasteiger partial charge in [0.05, 0.1) is 5.69 Å². The second-order valence-electron chi connectivity index (χ2n) is 6.28. The molecule has 0 saturated carbocycles. The first-order chi connectivity index (χ1) is 12.1. The molecule has 0 aliphatic carbocycles. The molecule has 2 fully saturated rings. The monoisotopic (exact) mass is 339 g/mol. The third-order valence-corrected chi connectivity index (χ3v) is 4.80. The third kappa shape index (κ3) is 2.65. The number of nitrogens with zero attached hydrogens (tertiary/aromatic N) is 3. The minimum absolute atomic E-state index is 0.0772. The molecule has 25 heavy (non-hydrogen) atoms. The van der Waals surface area contributed by atoms with Gasteiger partial charge in [-0.1, -0.05) is 0 Å². The quantitative estimate of drug-likeness (QED) is 0.787. The molecule has 3 heterocycles. The number of imide groups is 1. The topological polar surface area (TPSA) is 96.3 Å². The number of urea groups is 1. The fourth-order valence-corrected chi connectivity index (χ4v) is 3.33. The van der Waals surface area contributed by atoms with E-state index in [-0.39, 0.29) is 11.8 Å². The lowest BCUT2D eigenvalue weighted by Gasteiger charge is -2.37. The first-order valence-corrected chi connectivity index (χ1v) is 8.10. The highest BCUT2D eigenvalue weighted by Crippen LogP contribution is 2.26. The van der Waals surface area contributed by atoms with Crippen molar-refractivity contribution < 1.29 is 14.4 Å². The van der Waals surface area contributed by atoms with Gasteiger partial charge in [-0.25, -0.2) is 9.48 Å². The van der Waals surface area contributed by atoms with E-state index in [1.165, 1.54) is 0 Å². The Morgan fingerprint density at radius 2 is 1.84 bits per heavy atom. The minimum Gasteiger partial charge on any atom is -0.338 e. The van der Waals surface area contributed by atoms with Crippen LogP contribution in [0.5, 0.6) is 0 Å². The molecule has 4 rings (SSSR count). The van der Waals surface area contributed by atoms with Crippen LogP contribution < -0.4 is 10.6 Å². The molecule has 2 saturated heterocycles. The highest BCUT2D eigenvalue weighted by Gasteiger charge is 2.48. The molecule has 4 amide bonds. The minimum atomic E-state index is -0.863. The van der Waals surface area contributed by atoms with E-state index in [1.54, 1.807) is 27.9 Å². The van der Waals surface area contributed by atoms with Crippen molar-refractivity contribution in [3.8, 4) is 5.69 Å². The number of benzene rings is 1. The van der Waals surface area contributed by atoms with Crippen molar-refractivity contribution in [1.29, 1.82) is 0 Å². The van der Waals surface area contributed by atoms with Crippen molar-refractivity contribution in [3.05, 3.63) is 48.3 Å². The highest BCUT2D eigenvalue weighted by atomic mass is 16.2. The van der Waals surface area contributed by atoms with E-state index in [9.17, 15) is 14.4 Å². The summed E-state index contributed by atoms with van der Waals surface area (Å²) in [7, 11) is 0. The number of piperidine rings is 1. The molecule has 1 spiro atoms. The van der Waals surface area contributed by atoms with Gasteiger partial charge in [-0.05, 0) is 43.2 Å². The summed E-state index contributed by atoms with van der Waals surface area (Å²) in [5.74, 6) is -0.375. The molecular formula is C17H17N5O3. The Labute approximate surface area is 143 Å². The van der Waals surface area contributed by atoms with Crippen LogP contribution in [0.15, 0.2) is 42.7 Å². The Kier molecular flexibility index (Phi) is 3.52. The second-order valence-corrected chi connectivity index (χ2v) is 6.28. The zero-order valence-corrected chi connectivity index (χ0v) is 13.4. The molecule has 0 atom stereocenters. The fraction of sp³-hybridized carbons (Fsp3) is 0.294. The van der Waals surface area contributed by atoms with Crippen molar-refractivity contribution in [2.24, 2.45) is 0 Å². The molecule has 2 aliphatic heterocycles. The van der Waals surface area contributed by atoms with Crippen molar-refractivity contribution in [1.82, 2.24) is 25.3 Å². The van der Waals surface area contributed by atoms with Gasteiger partial charge in [0.2, 0.25) is 0 Å². The first-order valence-electron chi connectivity index (χ1n) is 8.10. The zero-order valence-electron chi connectivity index (χ0n) is 13.4. The number of aromatic nitrogens is 2. The Bertz CT molecular complexity index is 820. The van der Waals surface area contributed by atoms with E-state index < -0.39 is 11.6 Å². The zero-order chi connectivity index (χ0) is 17.4. The van der Waals surface area contributed by atoms with E-state index >= 15 is 0 Å². The Morgan fingerprint density at radius 3 is 2.40 bits per heavy atom. The first kappa shape index (κ1) is 15.4. The summed E-state index contributed by atoms with van der Waals surface area (Å²) in [6.07, 6.45) is 4.37. The normalized spacial score (nSPS) is 19.0. The molecular weight excluding hydrogens is 322 g/mol. The maximum absolute atomic E-state index is 12.7. The molecule has 128 valence electrons. The van der Waals surface area contributed by atoms with E-state index in [1.807, 2.05) is 24.4 Å². The molecule has 8 heteroatoms. The molecule has 0 unspecified atom stereocenters. The fourth-order valence-electron chi connectivity index (χ4n) is 3.33. The van der Waals surface area contributed by atoms with Gasteiger partial charge in [-0.3, -0.25) is 14.9 Å². The lowest BCUT2D eigenvalue weighted by Crippen LogP contribution is -2.55. The van der Waals surface area contributed by atoms with Gasteiger partial charge < -0.3 is 10.2 Å². The van der Waals surface area contributed by atoms with Gasteiger partial charge in [-0.2, -0.15) is 5.10 Å². The van der Waals surface area contributed by atoms with Gasteiger partial charge in [0.1, 0.15) is 5.54 Å². The summed E-state index contributed by atoms with van der Waals surface area (Å²) in [5.41, 5.74) is 0.605. The van der Waals surface area contributed by atoms with Gasteiger partial charge in [-0.15, -0.1) is 0 Å². The maximum atomic E-state index is 12.7. The van der Waals surface area contributed by atoms with Crippen LogP contribution in [0.4, 0.5) is 4.79 Å². The maximum Gasteiger partial charge on any atom is 0.322 e. The van der Waals surface area contributed by atoms with Crippen molar-refractivity contribution in [2.45, 2.75) is 18.4 Å². The predicted molar refractivity (Wildman–Crippen MR) is 88.1 cm³/mol. The Balaban J connectivity index is 1.44. The smallest absolute Gasteiger partial charge is 0.322 e. The number of rotatable bonds is 2. The summed E-state index contributed by atoms with van der Waals surface area (Å²) in [6, 6.07) is 8.60. The number of amides is 4. The second kappa shape index (κ2) is 5.73. The molecule has 0 radical (unpaired) electrons. The van der Waals surface area contributed by atoms with E-state index in [2.05, 4.69) is 15.7 Å². The van der Waals surface area contributed by atoms with Crippen LogP contribution in [0.1, 0.15) is 23.2 Å². The van der Waals surface area contributed by atoms with Gasteiger partial charge >= 0.3 is 6.03 Å². The molecule has 1 aromatic carbocycles. The van der Waals surface area contributed by atoms with Crippen LogP contribution in [-0.4, -0.2) is 51.2 Å². The van der Waals surface area contributed by atoms with Crippen molar-refractivity contribution in [2.75, 3.05) is 13.1 Å². The van der Waals surface area contributed by atoms with Crippen LogP contribution in [0.2, 0.25) is 0 Å². The average Bonchev–Trinajstić information content (AvgIpc) is 3.24. The molecule has 2 aromatic rings. The van der Waals surface area contributed by atoms with Crippen molar-refractivity contribution in [3.63, 3.8) is 0 Å². The largest absolute Gasteiger partial charge is 0.338 e. The van der Waals surface area contributed by atoms with Crippen LogP contribution in [0.25, 0.3) is 5.69 Å². The number of hydrogen-bond acceptors (Lipinski definition) is 4. The van der Waals surface area contributed by atoms with Crippen LogP contribution in [-0.2, 0) is 4.79 Å². The summed E-state index contributed by atoms with van der Waals surface area (Å²) in [4.78, 5) is 37.7. The standard InChI is InChI=1S/C17H17N5O3/c23-14(12-2-4-13(5-3-12)22-9-1-8-18-22)21-10-6-17(7-11-21)15(24)19-16(25)20-17/h1-5,8-9H,6-7,10-11H2,(H2,19,20,24,25). The summed E-state index contributed by atoms with van der Waals surface area (Å²) in [5, 5.41) is 9.12. The van der Waals surface area contributed by atoms with E-state index in [0.717, 1.165) is 5.69 Å². The summed E-state index contributed by atoms with van der Waals surface area (Å²) < 4.78 is 1.72. The number of carbonyl (C=O) groups excluding carboxylic acids is 3. The predicted octanol–water partition coefficient (Wildman–Crippen LogP) is 0.686. The third-order valence-electron chi connectivity index (χ3n) is 4.80. The van der Waals surface area contributed by atoms with E-state index in [0.29, 0.717) is 31.5 Å². The molecule has 8 nitrogen and oxygen atoms in total. The van der Waals surface area contributed by atoms with Gasteiger partial charge in [0.15, 0.2) is 0 Å². The molecule has 2 aliphatic rings. The lowest BCUT2D eigenvalue weighted by atomic mass is 9.87. The molecule has 0 bridgehead atoms. The highest BCUT2D eigenvalue weighted by molar-refractivity contribution is 6.07. The lowest BCUT2D eigenvalue weighted by molar-refractivity contribution is -0.125.